The molecule has 0 unspecified atom stereocenters. The lowest BCUT2D eigenvalue weighted by Crippen LogP contribution is -2.81. The molecule has 0 radical (unpaired) electrons. The van der Waals surface area contributed by atoms with Crippen molar-refractivity contribution in [1.82, 2.24) is 10.2 Å². The molecule has 15 heteroatoms. The second kappa shape index (κ2) is 26.3. The number of unbranched alkanes of at least 4 members (excludes halogenated alkanes) is 9. The van der Waals surface area contributed by atoms with Crippen molar-refractivity contribution in [3.8, 4) is 0 Å². The molecule has 1 saturated heterocycles. The maximum absolute atomic E-state index is 15.3. The molecule has 3 fully saturated rings. The van der Waals surface area contributed by atoms with Gasteiger partial charge in [0.2, 0.25) is 6.10 Å². The van der Waals surface area contributed by atoms with Crippen LogP contribution in [-0.4, -0.2) is 123 Å². The Balaban J connectivity index is 1.16. The van der Waals surface area contributed by atoms with E-state index in [0.29, 0.717) is 18.5 Å². The summed E-state index contributed by atoms with van der Waals surface area (Å²) in [5, 5.41) is 53.5. The first-order chi connectivity index (χ1) is 37.3. The first kappa shape index (κ1) is 59.7. The maximum atomic E-state index is 15.3. The van der Waals surface area contributed by atoms with E-state index in [1.54, 1.807) is 107 Å². The molecule has 0 aromatic heterocycles. The van der Waals surface area contributed by atoms with Crippen LogP contribution in [0, 0.1) is 16.7 Å². The zero-order valence-corrected chi connectivity index (χ0v) is 46.3. The summed E-state index contributed by atoms with van der Waals surface area (Å²) in [6.45, 7) is 8.27. The summed E-state index contributed by atoms with van der Waals surface area (Å²) in [7, 11) is 1.56. The Morgan fingerprint density at radius 1 is 0.782 bits per heavy atom. The van der Waals surface area contributed by atoms with E-state index < -0.39 is 107 Å². The molecule has 1 heterocycles. The van der Waals surface area contributed by atoms with Gasteiger partial charge in [-0.05, 0) is 93.3 Å². The molecule has 1 aliphatic heterocycles. The molecule has 3 aromatic rings. The number of amides is 2. The van der Waals surface area contributed by atoms with Crippen molar-refractivity contribution in [2.24, 2.45) is 16.7 Å². The van der Waals surface area contributed by atoms with Crippen LogP contribution < -0.4 is 5.32 Å². The number of carbonyl (C=O) groups excluding carboxylic acids is 5. The van der Waals surface area contributed by atoms with Crippen molar-refractivity contribution < 1.29 is 63.3 Å². The van der Waals surface area contributed by atoms with Crippen LogP contribution in [0.15, 0.2) is 126 Å². The molecule has 7 rings (SSSR count). The van der Waals surface area contributed by atoms with Gasteiger partial charge < -0.3 is 49.6 Å². The normalized spacial score (nSPS) is 28.1. The van der Waals surface area contributed by atoms with Gasteiger partial charge in [0.25, 0.3) is 5.91 Å². The fraction of sp³-hybridized carbons (Fsp3) is 0.540. The van der Waals surface area contributed by atoms with Gasteiger partial charge in [-0.3, -0.25) is 9.59 Å². The number of esters is 2. The maximum Gasteiger partial charge on any atom is 0.410 e. The highest BCUT2D eigenvalue weighted by Crippen LogP contribution is 2.63. The number of carbonyl (C=O) groups is 5. The molecule has 0 spiro atoms. The average molecular weight is 1080 g/mol. The van der Waals surface area contributed by atoms with E-state index in [9.17, 15) is 34.8 Å². The number of ketones is 1. The molecule has 11 atom stereocenters. The number of aliphatic hydroxyl groups is 4. The fourth-order valence-electron chi connectivity index (χ4n) is 12.3. The van der Waals surface area contributed by atoms with Gasteiger partial charge in [0, 0.05) is 43.3 Å². The highest BCUT2D eigenvalue weighted by atomic mass is 16.6. The van der Waals surface area contributed by atoms with Crippen molar-refractivity contribution in [1.29, 1.82) is 0 Å². The van der Waals surface area contributed by atoms with Crippen LogP contribution in [0.4, 0.5) is 4.79 Å². The Bertz CT molecular complexity index is 2620. The van der Waals surface area contributed by atoms with Crippen molar-refractivity contribution in [2.75, 3.05) is 20.2 Å². The van der Waals surface area contributed by atoms with Gasteiger partial charge in [-0.2, -0.15) is 0 Å². The lowest BCUT2D eigenvalue weighted by atomic mass is 9.44. The topological polar surface area (TPSA) is 218 Å². The molecule has 3 aliphatic carbocycles. The first-order valence-corrected chi connectivity index (χ1v) is 28.1. The number of hydrogen-bond donors (Lipinski definition) is 5. The SMILES string of the molecule is CCCCC/C=C\C/C=C\CCCCCCCCN(C)C(=O)O[C@@H](C(=O)O[C@H]1C[C@@]2(O)[C@@H](OC(=O)c3ccccc3)[C@@H]3[C@]4(O)CO[C@@H]4C[C@H](O)[C@@]3(C)C(=O)[C@H](O)C(=C1C)C2(C)C)[C@@H](NC(=O)c1ccccc1)c1ccccc1. The summed E-state index contributed by atoms with van der Waals surface area (Å²) in [5.41, 5.74) is -7.10. The lowest BCUT2D eigenvalue weighted by molar-refractivity contribution is -0.343. The number of allylic oxidation sites excluding steroid dienone is 4. The van der Waals surface area contributed by atoms with Crippen molar-refractivity contribution >= 4 is 29.7 Å². The number of ether oxygens (including phenoxy) is 4. The van der Waals surface area contributed by atoms with E-state index in [1.807, 2.05) is 0 Å². The van der Waals surface area contributed by atoms with Gasteiger partial charge in [0.15, 0.2) is 5.78 Å². The van der Waals surface area contributed by atoms with Crippen LogP contribution in [0.5, 0.6) is 0 Å². The predicted molar refractivity (Wildman–Crippen MR) is 295 cm³/mol. The summed E-state index contributed by atoms with van der Waals surface area (Å²) >= 11 is 0. The summed E-state index contributed by atoms with van der Waals surface area (Å²) < 4.78 is 24.7. The third-order valence-corrected chi connectivity index (χ3v) is 17.1. The van der Waals surface area contributed by atoms with Crippen molar-refractivity contribution in [2.45, 2.75) is 178 Å². The van der Waals surface area contributed by atoms with E-state index in [4.69, 9.17) is 18.9 Å². The van der Waals surface area contributed by atoms with Gasteiger partial charge >= 0.3 is 18.0 Å². The highest BCUT2D eigenvalue weighted by Gasteiger charge is 2.76. The Morgan fingerprint density at radius 3 is 1.96 bits per heavy atom. The third-order valence-electron chi connectivity index (χ3n) is 17.1. The molecular weight excluding hydrogens is 993 g/mol. The number of nitrogens with zero attached hydrogens (tertiary/aromatic N) is 1. The quantitative estimate of drug-likeness (QED) is 0.0245. The summed E-state index contributed by atoms with van der Waals surface area (Å²) in [6.07, 6.45) is 10.3. The standard InChI is InChI=1S/C63H82N2O13/c1-7-8-9-10-11-12-13-14-15-16-17-18-19-20-21-31-38-65(6)59(72)77-52(50(43-32-25-22-26-33-43)64-56(69)44-34-27-23-28-35-44)58(71)76-46-40-63(74)55(78-57(70)45-36-29-24-30-37-45)53-61(5,47(66)39-48-62(53,73)41-75-48)54(68)51(67)49(42(46)2)60(63,3)4/h11-12,14-15,22-30,32-37,46-48,50-53,55,66-67,73-74H,7-10,13,16-21,31,38-41H2,1-6H3,(H,64,69)/b12-11-,15-14-/t46-,47-,48+,50-,51+,52+,53-,55-,61+,62-,63+/m0/s1. The molecule has 2 bridgehead atoms. The van der Waals surface area contributed by atoms with E-state index in [-0.39, 0.29) is 35.3 Å². The molecule has 422 valence electrons. The first-order valence-electron chi connectivity index (χ1n) is 28.1. The van der Waals surface area contributed by atoms with Gasteiger partial charge in [0.1, 0.15) is 35.6 Å². The zero-order chi connectivity index (χ0) is 56.3. The number of aliphatic hydroxyl groups excluding tert-OH is 2. The third kappa shape index (κ3) is 12.7. The minimum atomic E-state index is -2.37. The lowest BCUT2D eigenvalue weighted by Gasteiger charge is -2.66. The molecule has 15 nitrogen and oxygen atoms in total. The minimum absolute atomic E-state index is 0.0516. The number of benzene rings is 3. The van der Waals surface area contributed by atoms with Crippen LogP contribution in [0.3, 0.4) is 0 Å². The predicted octanol–water partition coefficient (Wildman–Crippen LogP) is 9.48. The second-order valence-corrected chi connectivity index (χ2v) is 22.6. The van der Waals surface area contributed by atoms with Gasteiger partial charge in [0.05, 0.1) is 29.8 Å². The van der Waals surface area contributed by atoms with Gasteiger partial charge in [-0.15, -0.1) is 0 Å². The summed E-state index contributed by atoms with van der Waals surface area (Å²) in [4.78, 5) is 74.3. The summed E-state index contributed by atoms with van der Waals surface area (Å²) in [5.74, 6) is -5.10. The Hall–Kier alpha value is -5.97. The number of hydrogen-bond acceptors (Lipinski definition) is 13. The zero-order valence-electron chi connectivity index (χ0n) is 46.3. The molecular formula is C63H82N2O13. The van der Waals surface area contributed by atoms with Crippen LogP contribution >= 0.6 is 0 Å². The van der Waals surface area contributed by atoms with E-state index in [0.717, 1.165) is 51.4 Å². The number of Topliss-reactive ketones (excluding diaryl/α,β-unsaturated/α-hetero) is 1. The Morgan fingerprint density at radius 2 is 1.36 bits per heavy atom. The Kier molecular flexibility index (Phi) is 20.1. The smallest absolute Gasteiger partial charge is 0.410 e. The van der Waals surface area contributed by atoms with Crippen LogP contribution in [0.1, 0.15) is 157 Å². The van der Waals surface area contributed by atoms with Crippen LogP contribution in [0.2, 0.25) is 0 Å². The largest absolute Gasteiger partial charge is 0.455 e. The number of fused-ring (bicyclic) bond motifs is 5. The van der Waals surface area contributed by atoms with Crippen molar-refractivity contribution in [3.05, 3.63) is 143 Å². The molecule has 2 saturated carbocycles. The molecule has 5 N–H and O–H groups in total. The fourth-order valence-corrected chi connectivity index (χ4v) is 12.3. The number of nitrogens with one attached hydrogen (secondary N) is 1. The minimum Gasteiger partial charge on any atom is -0.455 e. The van der Waals surface area contributed by atoms with Crippen LogP contribution in [0.25, 0.3) is 0 Å². The second-order valence-electron chi connectivity index (χ2n) is 22.6. The van der Waals surface area contributed by atoms with E-state index >= 15 is 9.59 Å². The van der Waals surface area contributed by atoms with E-state index in [2.05, 4.69) is 36.5 Å². The van der Waals surface area contributed by atoms with E-state index in [1.165, 1.54) is 43.2 Å². The van der Waals surface area contributed by atoms with Gasteiger partial charge in [-0.1, -0.05) is 150 Å². The number of rotatable bonds is 24. The highest BCUT2D eigenvalue weighted by molar-refractivity contribution is 5.95. The molecule has 3 aromatic carbocycles. The molecule has 2 amide bonds. The summed E-state index contributed by atoms with van der Waals surface area (Å²) in [6, 6.07) is 23.4. The van der Waals surface area contributed by atoms with Crippen molar-refractivity contribution in [3.63, 3.8) is 0 Å². The monoisotopic (exact) mass is 1070 g/mol. The Labute approximate surface area is 460 Å². The molecule has 4 aliphatic rings. The van der Waals surface area contributed by atoms with Crippen LogP contribution in [-0.2, 0) is 28.5 Å². The van der Waals surface area contributed by atoms with Gasteiger partial charge in [-0.25, -0.2) is 14.4 Å². The average Bonchev–Trinajstić information content (AvgIpc) is 3.60. The molecule has 78 heavy (non-hydrogen) atoms.